The minimum absolute atomic E-state index is 0.538. The van der Waals surface area contributed by atoms with Crippen molar-refractivity contribution in [3.63, 3.8) is 0 Å². The van der Waals surface area contributed by atoms with Crippen molar-refractivity contribution in [3.8, 4) is 0 Å². The summed E-state index contributed by atoms with van der Waals surface area (Å²) in [5.74, 6) is 0. The summed E-state index contributed by atoms with van der Waals surface area (Å²) < 4.78 is 1.44. The van der Waals surface area contributed by atoms with Crippen LogP contribution in [0.1, 0.15) is 23.4 Å². The second kappa shape index (κ2) is 3.07. The molecule has 1 aliphatic heterocycles. The molecule has 0 fully saturated rings. The van der Waals surface area contributed by atoms with Gasteiger partial charge in [-0.05, 0) is 36.9 Å². The van der Waals surface area contributed by atoms with Crippen LogP contribution in [-0.4, -0.2) is 6.54 Å². The predicted molar refractivity (Wildman–Crippen MR) is 61.9 cm³/mol. The van der Waals surface area contributed by atoms with E-state index in [4.69, 9.17) is 0 Å². The normalized spacial score (nSPS) is 21.1. The maximum absolute atomic E-state index is 3.51. The molecule has 1 aromatic carbocycles. The second-order valence-electron chi connectivity index (χ2n) is 3.87. The van der Waals surface area contributed by atoms with Crippen molar-refractivity contribution in [2.75, 3.05) is 6.54 Å². The van der Waals surface area contributed by atoms with Gasteiger partial charge in [0.05, 0.1) is 0 Å². The van der Waals surface area contributed by atoms with Crippen molar-refractivity contribution < 1.29 is 0 Å². The molecular formula is C12H13NS. The van der Waals surface area contributed by atoms with Gasteiger partial charge < -0.3 is 5.32 Å². The number of nitrogens with one attached hydrogen (secondary N) is 1. The van der Waals surface area contributed by atoms with E-state index in [0.717, 1.165) is 6.54 Å². The van der Waals surface area contributed by atoms with Crippen LogP contribution in [-0.2, 0) is 6.42 Å². The fourth-order valence-corrected chi connectivity index (χ4v) is 3.51. The highest BCUT2D eigenvalue weighted by Gasteiger charge is 2.20. The molecule has 2 heteroatoms. The van der Waals surface area contributed by atoms with Crippen LogP contribution in [0.15, 0.2) is 24.3 Å². The van der Waals surface area contributed by atoms with Crippen molar-refractivity contribution in [3.05, 3.63) is 34.7 Å². The Bertz CT molecular complexity index is 472. The van der Waals surface area contributed by atoms with Crippen molar-refractivity contribution in [1.82, 2.24) is 5.32 Å². The van der Waals surface area contributed by atoms with Crippen molar-refractivity contribution in [2.45, 2.75) is 19.4 Å². The van der Waals surface area contributed by atoms with Crippen molar-refractivity contribution in [1.29, 1.82) is 0 Å². The van der Waals surface area contributed by atoms with Crippen LogP contribution < -0.4 is 5.32 Å². The molecule has 14 heavy (non-hydrogen) atoms. The van der Waals surface area contributed by atoms with Gasteiger partial charge in [-0.1, -0.05) is 18.2 Å². The Labute approximate surface area is 87.8 Å². The Morgan fingerprint density at radius 2 is 2.21 bits per heavy atom. The number of hydrogen-bond donors (Lipinski definition) is 1. The van der Waals surface area contributed by atoms with Gasteiger partial charge in [-0.15, -0.1) is 11.3 Å². The summed E-state index contributed by atoms with van der Waals surface area (Å²) in [6.45, 7) is 3.38. The monoisotopic (exact) mass is 203 g/mol. The van der Waals surface area contributed by atoms with Crippen molar-refractivity contribution in [2.24, 2.45) is 0 Å². The fourth-order valence-electron chi connectivity index (χ4n) is 2.23. The van der Waals surface area contributed by atoms with E-state index in [2.05, 4.69) is 36.5 Å². The van der Waals surface area contributed by atoms with Gasteiger partial charge in [-0.2, -0.15) is 0 Å². The van der Waals surface area contributed by atoms with Gasteiger partial charge in [0, 0.05) is 15.6 Å². The van der Waals surface area contributed by atoms with E-state index in [1.807, 2.05) is 11.3 Å². The van der Waals surface area contributed by atoms with Gasteiger partial charge in [0.2, 0.25) is 0 Å². The molecule has 2 heterocycles. The van der Waals surface area contributed by atoms with E-state index >= 15 is 0 Å². The van der Waals surface area contributed by atoms with Crippen LogP contribution in [0.2, 0.25) is 0 Å². The fraction of sp³-hybridized carbons (Fsp3) is 0.333. The van der Waals surface area contributed by atoms with Gasteiger partial charge in [0.15, 0.2) is 0 Å². The summed E-state index contributed by atoms with van der Waals surface area (Å²) >= 11 is 1.95. The topological polar surface area (TPSA) is 12.0 Å². The highest BCUT2D eigenvalue weighted by Crippen LogP contribution is 2.37. The molecule has 1 unspecified atom stereocenters. The molecule has 1 atom stereocenters. The Hall–Kier alpha value is -0.860. The zero-order valence-corrected chi connectivity index (χ0v) is 9.03. The van der Waals surface area contributed by atoms with Crippen molar-refractivity contribution >= 4 is 21.4 Å². The number of hydrogen-bond acceptors (Lipinski definition) is 2. The molecule has 2 aromatic rings. The van der Waals surface area contributed by atoms with Crippen LogP contribution in [0.3, 0.4) is 0 Å². The van der Waals surface area contributed by atoms with Crippen LogP contribution in [0.4, 0.5) is 0 Å². The molecular weight excluding hydrogens is 190 g/mol. The molecule has 0 bridgehead atoms. The smallest absolute Gasteiger partial charge is 0.0389 e. The summed E-state index contributed by atoms with van der Waals surface area (Å²) in [6.07, 6.45) is 1.18. The first-order valence-corrected chi connectivity index (χ1v) is 5.91. The maximum Gasteiger partial charge on any atom is 0.0389 e. The van der Waals surface area contributed by atoms with E-state index in [-0.39, 0.29) is 0 Å². The lowest BCUT2D eigenvalue weighted by Crippen LogP contribution is -2.26. The Morgan fingerprint density at radius 1 is 1.36 bits per heavy atom. The largest absolute Gasteiger partial charge is 0.309 e. The summed E-state index contributed by atoms with van der Waals surface area (Å²) in [7, 11) is 0. The lowest BCUT2D eigenvalue weighted by atomic mass is 10.0. The zero-order chi connectivity index (χ0) is 9.54. The molecule has 1 aliphatic rings. The third-order valence-corrected chi connectivity index (χ3v) is 4.34. The summed E-state index contributed by atoms with van der Waals surface area (Å²) in [4.78, 5) is 1.54. The third kappa shape index (κ3) is 1.11. The number of rotatable bonds is 0. The van der Waals surface area contributed by atoms with Gasteiger partial charge in [-0.25, -0.2) is 0 Å². The number of fused-ring (bicyclic) bond motifs is 3. The Balaban J connectivity index is 2.32. The third-order valence-electron chi connectivity index (χ3n) is 2.95. The van der Waals surface area contributed by atoms with Gasteiger partial charge in [0.1, 0.15) is 0 Å². The average molecular weight is 203 g/mol. The number of thiophene rings is 1. The van der Waals surface area contributed by atoms with E-state index in [0.29, 0.717) is 6.04 Å². The van der Waals surface area contributed by atoms with Crippen LogP contribution in [0.25, 0.3) is 10.1 Å². The maximum atomic E-state index is 3.51. The Kier molecular flexibility index (Phi) is 1.85. The summed E-state index contributed by atoms with van der Waals surface area (Å²) in [6, 6.07) is 9.29. The molecule has 3 rings (SSSR count). The molecule has 0 amide bonds. The average Bonchev–Trinajstić information content (AvgIpc) is 2.59. The molecule has 1 N–H and O–H groups in total. The molecule has 0 radical (unpaired) electrons. The minimum atomic E-state index is 0.538. The van der Waals surface area contributed by atoms with Gasteiger partial charge in [-0.3, -0.25) is 0 Å². The van der Waals surface area contributed by atoms with E-state index in [1.54, 1.807) is 5.56 Å². The molecule has 72 valence electrons. The summed E-state index contributed by atoms with van der Waals surface area (Å²) in [5, 5.41) is 4.98. The second-order valence-corrected chi connectivity index (χ2v) is 4.95. The molecule has 1 aromatic heterocycles. The summed E-state index contributed by atoms with van der Waals surface area (Å²) in [5.41, 5.74) is 1.58. The van der Waals surface area contributed by atoms with Crippen LogP contribution in [0.5, 0.6) is 0 Å². The standard InChI is InChI=1S/C12H13NS/c1-8-12-10(6-7-13-8)9-4-2-3-5-11(9)14-12/h2-5,8,13H,6-7H2,1H3. The van der Waals surface area contributed by atoms with Gasteiger partial charge >= 0.3 is 0 Å². The molecule has 0 aliphatic carbocycles. The highest BCUT2D eigenvalue weighted by atomic mass is 32.1. The first-order valence-electron chi connectivity index (χ1n) is 5.10. The zero-order valence-electron chi connectivity index (χ0n) is 8.21. The lowest BCUT2D eigenvalue weighted by molar-refractivity contribution is 0.553. The first kappa shape index (κ1) is 8.45. The molecule has 1 nitrogen and oxygen atoms in total. The Morgan fingerprint density at radius 3 is 3.14 bits per heavy atom. The molecule has 0 saturated heterocycles. The minimum Gasteiger partial charge on any atom is -0.309 e. The van der Waals surface area contributed by atoms with E-state index in [9.17, 15) is 0 Å². The molecule has 0 saturated carbocycles. The predicted octanol–water partition coefficient (Wildman–Crippen LogP) is 3.11. The quantitative estimate of drug-likeness (QED) is 0.693. The SMILES string of the molecule is CC1NCCc2c1sc1ccccc21. The lowest BCUT2D eigenvalue weighted by Gasteiger charge is -2.20. The van der Waals surface area contributed by atoms with Gasteiger partial charge in [0.25, 0.3) is 0 Å². The molecule has 0 spiro atoms. The van der Waals surface area contributed by atoms with E-state index < -0.39 is 0 Å². The first-order chi connectivity index (χ1) is 6.86. The van der Waals surface area contributed by atoms with E-state index in [1.165, 1.54) is 21.4 Å². The van der Waals surface area contributed by atoms with Crippen LogP contribution >= 0.6 is 11.3 Å². The number of benzene rings is 1. The highest BCUT2D eigenvalue weighted by molar-refractivity contribution is 7.19. The van der Waals surface area contributed by atoms with Crippen LogP contribution in [0, 0.1) is 0 Å².